The first kappa shape index (κ1) is 21.9. The molecule has 32 heavy (non-hydrogen) atoms. The highest BCUT2D eigenvalue weighted by Gasteiger charge is 2.26. The number of carbonyl (C=O) groups is 2. The molecule has 0 aliphatic carbocycles. The van der Waals surface area contributed by atoms with E-state index in [-0.39, 0.29) is 5.15 Å². The van der Waals surface area contributed by atoms with Gasteiger partial charge in [0.25, 0.3) is 11.7 Å². The fourth-order valence-electron chi connectivity index (χ4n) is 3.63. The summed E-state index contributed by atoms with van der Waals surface area (Å²) in [5.74, 6) is -0.816. The number of ketones is 1. The van der Waals surface area contributed by atoms with E-state index in [9.17, 15) is 9.59 Å². The van der Waals surface area contributed by atoms with Crippen LogP contribution in [0.4, 0.5) is 5.69 Å². The van der Waals surface area contributed by atoms with Crippen molar-refractivity contribution in [1.29, 1.82) is 0 Å². The summed E-state index contributed by atoms with van der Waals surface area (Å²) in [5, 5.41) is 4.11. The number of amides is 1. The molecule has 0 bridgehead atoms. The molecular formula is C24H19Cl2N3O3. The first-order valence-corrected chi connectivity index (χ1v) is 10.5. The van der Waals surface area contributed by atoms with Gasteiger partial charge < -0.3 is 14.6 Å². The number of hydrogen-bond acceptors (Lipinski definition) is 4. The Kier molecular flexibility index (Phi) is 6.17. The highest BCUT2D eigenvalue weighted by molar-refractivity contribution is 6.48. The summed E-state index contributed by atoms with van der Waals surface area (Å²) in [5.41, 5.74) is 3.23. The second-order valence-electron chi connectivity index (χ2n) is 7.21. The van der Waals surface area contributed by atoms with E-state index >= 15 is 0 Å². The van der Waals surface area contributed by atoms with Crippen molar-refractivity contribution in [3.05, 3.63) is 87.8 Å². The third kappa shape index (κ3) is 4.33. The van der Waals surface area contributed by atoms with Crippen molar-refractivity contribution in [2.24, 2.45) is 0 Å². The molecule has 2 aromatic carbocycles. The molecule has 0 aliphatic rings. The van der Waals surface area contributed by atoms with Gasteiger partial charge in [-0.25, -0.2) is 4.98 Å². The number of hydrogen-bond donors (Lipinski definition) is 1. The zero-order valence-corrected chi connectivity index (χ0v) is 18.9. The number of anilines is 1. The van der Waals surface area contributed by atoms with Gasteiger partial charge >= 0.3 is 0 Å². The summed E-state index contributed by atoms with van der Waals surface area (Å²) < 4.78 is 7.35. The van der Waals surface area contributed by atoms with E-state index in [0.29, 0.717) is 39.6 Å². The van der Waals surface area contributed by atoms with Crippen molar-refractivity contribution in [2.75, 3.05) is 12.4 Å². The van der Waals surface area contributed by atoms with Crippen LogP contribution in [0, 0.1) is 6.92 Å². The molecule has 1 N–H and O–H groups in total. The van der Waals surface area contributed by atoms with Crippen molar-refractivity contribution in [2.45, 2.75) is 13.5 Å². The Morgan fingerprint density at radius 3 is 2.50 bits per heavy atom. The molecule has 0 spiro atoms. The molecule has 0 fully saturated rings. The molecule has 0 atom stereocenters. The maximum absolute atomic E-state index is 13.2. The first-order chi connectivity index (χ1) is 15.4. The van der Waals surface area contributed by atoms with Crippen molar-refractivity contribution >= 4 is 51.5 Å². The molecule has 2 heterocycles. The van der Waals surface area contributed by atoms with Crippen molar-refractivity contribution in [3.63, 3.8) is 0 Å². The number of methoxy groups -OCH3 is 1. The first-order valence-electron chi connectivity index (χ1n) is 9.76. The quantitative estimate of drug-likeness (QED) is 0.230. The molecule has 1 amide bonds. The molecule has 0 saturated carbocycles. The van der Waals surface area contributed by atoms with E-state index in [0.717, 1.165) is 11.1 Å². The normalized spacial score (nSPS) is 10.9. The molecule has 8 heteroatoms. The Morgan fingerprint density at radius 2 is 1.81 bits per heavy atom. The van der Waals surface area contributed by atoms with E-state index in [2.05, 4.69) is 10.3 Å². The van der Waals surface area contributed by atoms with E-state index < -0.39 is 11.7 Å². The lowest BCUT2D eigenvalue weighted by atomic mass is 10.1. The lowest BCUT2D eigenvalue weighted by Crippen LogP contribution is -2.23. The molecule has 6 nitrogen and oxygen atoms in total. The number of Topliss-reactive ketones (excluding diaryl/α,β-unsaturated/α-hetero) is 1. The average molecular weight is 468 g/mol. The minimum absolute atomic E-state index is 0.218. The van der Waals surface area contributed by atoms with Gasteiger partial charge in [0.15, 0.2) is 0 Å². The minimum Gasteiger partial charge on any atom is -0.497 e. The fourth-order valence-corrected chi connectivity index (χ4v) is 3.93. The van der Waals surface area contributed by atoms with Crippen LogP contribution < -0.4 is 10.1 Å². The van der Waals surface area contributed by atoms with Crippen LogP contribution in [0.3, 0.4) is 0 Å². The minimum atomic E-state index is -0.760. The SMILES string of the molecule is COc1ccc2c(c1)c(C(=O)C(=O)Nc1ccnc(Cl)c1)c(C)n2Cc1ccc(Cl)cc1. The van der Waals surface area contributed by atoms with Crippen LogP contribution in [0.25, 0.3) is 10.9 Å². The van der Waals surface area contributed by atoms with Crippen LogP contribution in [0.5, 0.6) is 5.75 Å². The average Bonchev–Trinajstić information content (AvgIpc) is 3.05. The number of halogens is 2. The third-order valence-corrected chi connectivity index (χ3v) is 5.66. The van der Waals surface area contributed by atoms with Gasteiger partial charge in [0.2, 0.25) is 0 Å². The van der Waals surface area contributed by atoms with Crippen LogP contribution in [0.2, 0.25) is 10.2 Å². The smallest absolute Gasteiger partial charge is 0.296 e. The van der Waals surface area contributed by atoms with Gasteiger partial charge in [-0.15, -0.1) is 0 Å². The van der Waals surface area contributed by atoms with Gasteiger partial charge in [0.05, 0.1) is 12.7 Å². The third-order valence-electron chi connectivity index (χ3n) is 5.20. The highest BCUT2D eigenvalue weighted by Crippen LogP contribution is 2.31. The molecular weight excluding hydrogens is 449 g/mol. The van der Waals surface area contributed by atoms with Crippen LogP contribution in [-0.4, -0.2) is 28.4 Å². The number of nitrogens with one attached hydrogen (secondary N) is 1. The topological polar surface area (TPSA) is 73.2 Å². The van der Waals surface area contributed by atoms with Crippen LogP contribution in [0.15, 0.2) is 60.8 Å². The maximum atomic E-state index is 13.2. The molecule has 4 rings (SSSR count). The van der Waals surface area contributed by atoms with Crippen molar-refractivity contribution in [1.82, 2.24) is 9.55 Å². The van der Waals surface area contributed by atoms with Gasteiger partial charge in [-0.3, -0.25) is 9.59 Å². The van der Waals surface area contributed by atoms with Gasteiger partial charge in [-0.1, -0.05) is 35.3 Å². The summed E-state index contributed by atoms with van der Waals surface area (Å²) in [4.78, 5) is 29.9. The summed E-state index contributed by atoms with van der Waals surface area (Å²) in [7, 11) is 1.56. The second kappa shape index (κ2) is 9.02. The van der Waals surface area contributed by atoms with Gasteiger partial charge in [0, 0.05) is 40.0 Å². The Morgan fingerprint density at radius 1 is 1.06 bits per heavy atom. The lowest BCUT2D eigenvalue weighted by Gasteiger charge is -2.09. The van der Waals surface area contributed by atoms with E-state index in [1.165, 1.54) is 12.3 Å². The van der Waals surface area contributed by atoms with Gasteiger partial charge in [0.1, 0.15) is 10.9 Å². The van der Waals surface area contributed by atoms with Gasteiger partial charge in [-0.05, 0) is 55.0 Å². The predicted octanol–water partition coefficient (Wildman–Crippen LogP) is 5.53. The Balaban J connectivity index is 1.77. The fraction of sp³-hybridized carbons (Fsp3) is 0.125. The van der Waals surface area contributed by atoms with Crippen LogP contribution >= 0.6 is 23.2 Å². The van der Waals surface area contributed by atoms with Crippen molar-refractivity contribution < 1.29 is 14.3 Å². The molecule has 0 aliphatic heterocycles. The number of nitrogens with zero attached hydrogens (tertiary/aromatic N) is 2. The summed E-state index contributed by atoms with van der Waals surface area (Å²) >= 11 is 11.9. The Labute approximate surface area is 194 Å². The monoisotopic (exact) mass is 467 g/mol. The molecule has 4 aromatic rings. The number of carbonyl (C=O) groups excluding carboxylic acids is 2. The number of aromatic nitrogens is 2. The largest absolute Gasteiger partial charge is 0.497 e. The number of ether oxygens (including phenoxy) is 1. The predicted molar refractivity (Wildman–Crippen MR) is 126 cm³/mol. The van der Waals surface area contributed by atoms with Crippen LogP contribution in [-0.2, 0) is 11.3 Å². The number of rotatable bonds is 6. The number of pyridine rings is 1. The van der Waals surface area contributed by atoms with E-state index in [1.807, 2.05) is 47.9 Å². The molecule has 162 valence electrons. The number of benzene rings is 2. The Hall–Kier alpha value is -3.35. The Bertz CT molecular complexity index is 1330. The van der Waals surface area contributed by atoms with Crippen LogP contribution in [0.1, 0.15) is 21.6 Å². The maximum Gasteiger partial charge on any atom is 0.296 e. The molecule has 0 unspecified atom stereocenters. The zero-order valence-electron chi connectivity index (χ0n) is 17.4. The van der Waals surface area contributed by atoms with E-state index in [4.69, 9.17) is 27.9 Å². The second-order valence-corrected chi connectivity index (χ2v) is 8.03. The molecule has 2 aromatic heterocycles. The summed E-state index contributed by atoms with van der Waals surface area (Å²) in [6, 6.07) is 16.0. The van der Waals surface area contributed by atoms with E-state index in [1.54, 1.807) is 19.2 Å². The molecule has 0 saturated heterocycles. The molecule has 0 radical (unpaired) electrons. The van der Waals surface area contributed by atoms with Crippen molar-refractivity contribution in [3.8, 4) is 5.75 Å². The summed E-state index contributed by atoms with van der Waals surface area (Å²) in [6.07, 6.45) is 1.45. The lowest BCUT2D eigenvalue weighted by molar-refractivity contribution is -0.112. The van der Waals surface area contributed by atoms with Gasteiger partial charge in [-0.2, -0.15) is 0 Å². The summed E-state index contributed by atoms with van der Waals surface area (Å²) in [6.45, 7) is 2.34. The number of fused-ring (bicyclic) bond motifs is 1. The zero-order chi connectivity index (χ0) is 22.8. The highest BCUT2D eigenvalue weighted by atomic mass is 35.5. The standard InChI is InChI=1S/C24H19Cl2N3O3/c1-14-22(23(30)24(31)28-17-9-10-27-21(26)11-17)19-12-18(32-2)7-8-20(19)29(14)13-15-3-5-16(25)6-4-15/h3-12H,13H2,1-2H3,(H,27,28,31).